The Morgan fingerprint density at radius 3 is 2.79 bits per heavy atom. The van der Waals surface area contributed by atoms with E-state index >= 15 is 0 Å². The van der Waals surface area contributed by atoms with Crippen molar-refractivity contribution < 1.29 is 4.79 Å². The van der Waals surface area contributed by atoms with Crippen LogP contribution in [0.25, 0.3) is 0 Å². The van der Waals surface area contributed by atoms with Crippen molar-refractivity contribution in [2.75, 3.05) is 5.73 Å². The smallest absolute Gasteiger partial charge is 0.221 e. The van der Waals surface area contributed by atoms with Crippen LogP contribution < -0.4 is 11.1 Å². The largest absolute Gasteiger partial charge is 0.399 e. The second-order valence-electron chi connectivity index (χ2n) is 6.69. The molecule has 3 rings (SSSR count). The third-order valence-electron chi connectivity index (χ3n) is 5.01. The molecular weight excluding hydrogens is 296 g/mol. The van der Waals surface area contributed by atoms with Gasteiger partial charge in [0, 0.05) is 12.1 Å². The zero-order valence-electron chi connectivity index (χ0n) is 14.3. The van der Waals surface area contributed by atoms with E-state index < -0.39 is 0 Å². The monoisotopic (exact) mass is 322 g/mol. The number of aryl methyl sites for hydroxylation is 1. The van der Waals surface area contributed by atoms with E-state index in [0.29, 0.717) is 6.42 Å². The van der Waals surface area contributed by atoms with Gasteiger partial charge in [-0.3, -0.25) is 4.79 Å². The Bertz CT molecular complexity index is 696. The molecule has 0 saturated carbocycles. The van der Waals surface area contributed by atoms with E-state index in [0.717, 1.165) is 31.4 Å². The summed E-state index contributed by atoms with van der Waals surface area (Å²) >= 11 is 0. The van der Waals surface area contributed by atoms with Crippen molar-refractivity contribution in [2.24, 2.45) is 0 Å². The third-order valence-corrected chi connectivity index (χ3v) is 5.01. The first kappa shape index (κ1) is 16.6. The highest BCUT2D eigenvalue weighted by atomic mass is 16.1. The minimum atomic E-state index is 0.120. The summed E-state index contributed by atoms with van der Waals surface area (Å²) in [5.74, 6) is 0.418. The second kappa shape index (κ2) is 7.52. The van der Waals surface area contributed by atoms with Gasteiger partial charge in [-0.1, -0.05) is 43.3 Å². The van der Waals surface area contributed by atoms with Crippen molar-refractivity contribution in [3.8, 4) is 0 Å². The van der Waals surface area contributed by atoms with Crippen molar-refractivity contribution in [1.29, 1.82) is 0 Å². The number of hydrogen-bond donors (Lipinski definition) is 2. The Labute approximate surface area is 144 Å². The van der Waals surface area contributed by atoms with Crippen LogP contribution in [0.15, 0.2) is 48.5 Å². The van der Waals surface area contributed by atoms with Crippen molar-refractivity contribution >= 4 is 11.6 Å². The molecule has 0 aliphatic heterocycles. The standard InChI is InChI=1S/C21H26N2O/c1-2-15(16-7-4-3-5-8-16)14-21(24)23-20-10-6-9-17-13-18(22)11-12-19(17)20/h3-5,7-8,11-13,15,20H,2,6,9-10,14,22H2,1H3,(H,23,24). The minimum absolute atomic E-state index is 0.120. The summed E-state index contributed by atoms with van der Waals surface area (Å²) in [6.45, 7) is 2.14. The predicted molar refractivity (Wildman–Crippen MR) is 98.8 cm³/mol. The summed E-state index contributed by atoms with van der Waals surface area (Å²) < 4.78 is 0. The van der Waals surface area contributed by atoms with Gasteiger partial charge in [0.2, 0.25) is 5.91 Å². The summed E-state index contributed by atoms with van der Waals surface area (Å²) in [6.07, 6.45) is 4.66. The predicted octanol–water partition coefficient (Wildman–Crippen LogP) is 4.35. The zero-order valence-corrected chi connectivity index (χ0v) is 14.3. The lowest BCUT2D eigenvalue weighted by molar-refractivity contribution is -0.122. The lowest BCUT2D eigenvalue weighted by Gasteiger charge is -2.27. The first-order chi connectivity index (χ1) is 11.7. The molecule has 0 radical (unpaired) electrons. The third kappa shape index (κ3) is 3.78. The van der Waals surface area contributed by atoms with E-state index in [4.69, 9.17) is 5.73 Å². The summed E-state index contributed by atoms with van der Waals surface area (Å²) in [7, 11) is 0. The first-order valence-electron chi connectivity index (χ1n) is 8.90. The molecule has 126 valence electrons. The Hall–Kier alpha value is -2.29. The molecule has 3 heteroatoms. The van der Waals surface area contributed by atoms with E-state index in [1.54, 1.807) is 0 Å². The minimum Gasteiger partial charge on any atom is -0.399 e. The molecule has 24 heavy (non-hydrogen) atoms. The van der Waals surface area contributed by atoms with Gasteiger partial charge in [-0.05, 0) is 60.4 Å². The van der Waals surface area contributed by atoms with Crippen LogP contribution in [-0.2, 0) is 11.2 Å². The van der Waals surface area contributed by atoms with Gasteiger partial charge in [-0.2, -0.15) is 0 Å². The van der Waals surface area contributed by atoms with Crippen LogP contribution >= 0.6 is 0 Å². The number of hydrogen-bond acceptors (Lipinski definition) is 2. The number of nitrogen functional groups attached to an aromatic ring is 1. The number of carbonyl (C=O) groups is 1. The number of anilines is 1. The molecule has 3 nitrogen and oxygen atoms in total. The topological polar surface area (TPSA) is 55.1 Å². The number of benzene rings is 2. The maximum Gasteiger partial charge on any atom is 0.221 e. The Morgan fingerprint density at radius 1 is 1.25 bits per heavy atom. The number of amides is 1. The van der Waals surface area contributed by atoms with Gasteiger partial charge in [0.15, 0.2) is 0 Å². The fourth-order valence-corrected chi connectivity index (χ4v) is 3.68. The van der Waals surface area contributed by atoms with Crippen molar-refractivity contribution in [1.82, 2.24) is 5.32 Å². The molecule has 0 aromatic heterocycles. The average molecular weight is 322 g/mol. The van der Waals surface area contributed by atoms with Crippen molar-refractivity contribution in [3.63, 3.8) is 0 Å². The van der Waals surface area contributed by atoms with E-state index in [1.165, 1.54) is 16.7 Å². The van der Waals surface area contributed by atoms with Crippen LogP contribution in [0, 0.1) is 0 Å². The molecule has 0 spiro atoms. The zero-order chi connectivity index (χ0) is 16.9. The summed E-state index contributed by atoms with van der Waals surface area (Å²) in [6, 6.07) is 16.5. The number of fused-ring (bicyclic) bond motifs is 1. The van der Waals surface area contributed by atoms with E-state index in [-0.39, 0.29) is 17.9 Å². The van der Waals surface area contributed by atoms with E-state index in [9.17, 15) is 4.79 Å². The molecule has 1 aliphatic rings. The molecule has 2 aromatic carbocycles. The van der Waals surface area contributed by atoms with Gasteiger partial charge in [0.25, 0.3) is 0 Å². The number of nitrogens with one attached hydrogen (secondary N) is 1. The van der Waals surface area contributed by atoms with Crippen LogP contribution in [-0.4, -0.2) is 5.91 Å². The SMILES string of the molecule is CCC(CC(=O)NC1CCCc2cc(N)ccc21)c1ccccc1. The van der Waals surface area contributed by atoms with E-state index in [1.807, 2.05) is 30.3 Å². The molecule has 3 N–H and O–H groups in total. The van der Waals surface area contributed by atoms with Gasteiger partial charge in [0.1, 0.15) is 0 Å². The molecular formula is C21H26N2O. The van der Waals surface area contributed by atoms with Gasteiger partial charge in [-0.15, -0.1) is 0 Å². The lowest BCUT2D eigenvalue weighted by Crippen LogP contribution is -2.31. The normalized spacial score (nSPS) is 17.8. The van der Waals surface area contributed by atoms with Crippen molar-refractivity contribution in [2.45, 2.75) is 51.0 Å². The van der Waals surface area contributed by atoms with Gasteiger partial charge < -0.3 is 11.1 Å². The summed E-state index contributed by atoms with van der Waals surface area (Å²) in [4.78, 5) is 12.6. The second-order valence-corrected chi connectivity index (χ2v) is 6.69. The molecule has 1 amide bonds. The fourth-order valence-electron chi connectivity index (χ4n) is 3.68. The summed E-state index contributed by atoms with van der Waals surface area (Å²) in [5.41, 5.74) is 10.4. The Balaban J connectivity index is 1.67. The molecule has 2 aromatic rings. The highest BCUT2D eigenvalue weighted by Gasteiger charge is 2.23. The maximum absolute atomic E-state index is 12.6. The van der Waals surface area contributed by atoms with Crippen LogP contribution in [0.2, 0.25) is 0 Å². The number of rotatable bonds is 5. The van der Waals surface area contributed by atoms with E-state index in [2.05, 4.69) is 30.4 Å². The van der Waals surface area contributed by atoms with Gasteiger partial charge >= 0.3 is 0 Å². The average Bonchev–Trinajstić information content (AvgIpc) is 2.60. The molecule has 1 aliphatic carbocycles. The fraction of sp³-hybridized carbons (Fsp3) is 0.381. The molecule has 2 unspecified atom stereocenters. The van der Waals surface area contributed by atoms with Gasteiger partial charge in [-0.25, -0.2) is 0 Å². The maximum atomic E-state index is 12.6. The quantitative estimate of drug-likeness (QED) is 0.804. The Morgan fingerprint density at radius 2 is 2.04 bits per heavy atom. The number of carbonyl (C=O) groups excluding carboxylic acids is 1. The van der Waals surface area contributed by atoms with Crippen LogP contribution in [0.5, 0.6) is 0 Å². The number of nitrogens with two attached hydrogens (primary N) is 1. The van der Waals surface area contributed by atoms with Crippen molar-refractivity contribution in [3.05, 3.63) is 65.2 Å². The molecule has 0 heterocycles. The van der Waals surface area contributed by atoms with Crippen LogP contribution in [0.3, 0.4) is 0 Å². The molecule has 2 atom stereocenters. The lowest BCUT2D eigenvalue weighted by atomic mass is 9.87. The molecule has 0 fully saturated rings. The first-order valence-corrected chi connectivity index (χ1v) is 8.90. The van der Waals surface area contributed by atoms with Crippen LogP contribution in [0.1, 0.15) is 61.3 Å². The molecule has 0 bridgehead atoms. The molecule has 0 saturated heterocycles. The highest BCUT2D eigenvalue weighted by molar-refractivity contribution is 5.77. The Kier molecular flexibility index (Phi) is 5.19. The van der Waals surface area contributed by atoms with Crippen LogP contribution in [0.4, 0.5) is 5.69 Å². The summed E-state index contributed by atoms with van der Waals surface area (Å²) in [5, 5.41) is 3.25. The highest BCUT2D eigenvalue weighted by Crippen LogP contribution is 2.31. The van der Waals surface area contributed by atoms with Gasteiger partial charge in [0.05, 0.1) is 6.04 Å².